The van der Waals surface area contributed by atoms with E-state index in [2.05, 4.69) is 19.2 Å². The molecule has 2 aliphatic rings. The van der Waals surface area contributed by atoms with Crippen LogP contribution < -0.4 is 10.1 Å². The number of phenols is 1. The van der Waals surface area contributed by atoms with E-state index in [4.69, 9.17) is 26.4 Å². The number of halogens is 1. The zero-order chi connectivity index (χ0) is 23.3. The Labute approximate surface area is 197 Å². The van der Waals surface area contributed by atoms with Crippen molar-refractivity contribution in [1.29, 1.82) is 0 Å². The van der Waals surface area contributed by atoms with Gasteiger partial charge in [-0.15, -0.1) is 5.10 Å². The number of ether oxygens (including phenoxy) is 1. The van der Waals surface area contributed by atoms with Gasteiger partial charge in [0.2, 0.25) is 5.95 Å². The van der Waals surface area contributed by atoms with Gasteiger partial charge in [-0.05, 0) is 60.7 Å². The van der Waals surface area contributed by atoms with Gasteiger partial charge in [0.05, 0.1) is 6.61 Å². The van der Waals surface area contributed by atoms with Gasteiger partial charge < -0.3 is 15.2 Å². The molecule has 1 atom stereocenters. The van der Waals surface area contributed by atoms with Gasteiger partial charge in [0.1, 0.15) is 6.04 Å². The van der Waals surface area contributed by atoms with E-state index in [0.29, 0.717) is 41.1 Å². The molecule has 1 aliphatic carbocycles. The summed E-state index contributed by atoms with van der Waals surface area (Å²) in [6, 6.07) is 12.0. The standard InChI is InChI=1S/C25H25ClN4O3/c1-4-33-20-11-15(7-10-18(20)31)22-21-17(12-25(2,3)13-19(21)32)27-24-28-23(29-30(22)24)14-5-8-16(26)9-6-14/h5-11,22,31H,4,12-13H2,1-3H3,(H,27,28,29). The van der Waals surface area contributed by atoms with Crippen molar-refractivity contribution in [3.8, 4) is 22.9 Å². The zero-order valence-electron chi connectivity index (χ0n) is 18.7. The number of aromatic hydroxyl groups is 1. The van der Waals surface area contributed by atoms with Crippen molar-refractivity contribution in [2.45, 2.75) is 39.7 Å². The lowest BCUT2D eigenvalue weighted by Crippen LogP contribution is -2.36. The maximum Gasteiger partial charge on any atom is 0.226 e. The molecule has 33 heavy (non-hydrogen) atoms. The highest BCUT2D eigenvalue weighted by molar-refractivity contribution is 6.30. The topological polar surface area (TPSA) is 89.3 Å². The molecule has 2 aromatic carbocycles. The number of ketones is 1. The molecule has 0 fully saturated rings. The van der Waals surface area contributed by atoms with Crippen LogP contribution in [-0.4, -0.2) is 32.3 Å². The summed E-state index contributed by atoms with van der Waals surface area (Å²) in [5, 5.41) is 19.0. The maximum absolute atomic E-state index is 13.4. The zero-order valence-corrected chi connectivity index (χ0v) is 19.5. The summed E-state index contributed by atoms with van der Waals surface area (Å²) in [7, 11) is 0. The van der Waals surface area contributed by atoms with Crippen LogP contribution in [-0.2, 0) is 4.79 Å². The minimum Gasteiger partial charge on any atom is -0.504 e. The first-order valence-electron chi connectivity index (χ1n) is 11.0. The molecular formula is C25H25ClN4O3. The van der Waals surface area contributed by atoms with Crippen molar-refractivity contribution in [3.05, 3.63) is 64.3 Å². The average molecular weight is 465 g/mol. The molecule has 2 N–H and O–H groups in total. The highest BCUT2D eigenvalue weighted by Gasteiger charge is 2.42. The third-order valence-corrected chi connectivity index (χ3v) is 6.29. The van der Waals surface area contributed by atoms with Gasteiger partial charge in [-0.1, -0.05) is 31.5 Å². The lowest BCUT2D eigenvalue weighted by atomic mass is 9.73. The molecule has 170 valence electrons. The first-order valence-corrected chi connectivity index (χ1v) is 11.3. The number of rotatable bonds is 4. The average Bonchev–Trinajstić information content (AvgIpc) is 3.17. The van der Waals surface area contributed by atoms with Crippen LogP contribution in [0.3, 0.4) is 0 Å². The highest BCUT2D eigenvalue weighted by atomic mass is 35.5. The second kappa shape index (κ2) is 7.92. The van der Waals surface area contributed by atoms with Crippen LogP contribution in [0, 0.1) is 5.41 Å². The molecule has 0 saturated heterocycles. The number of phenolic OH excluding ortho intramolecular Hbond substituents is 1. The Kier molecular flexibility index (Phi) is 5.16. The molecular weight excluding hydrogens is 440 g/mol. The predicted octanol–water partition coefficient (Wildman–Crippen LogP) is 5.36. The van der Waals surface area contributed by atoms with Gasteiger partial charge in [0, 0.05) is 28.3 Å². The molecule has 2 heterocycles. The number of fused-ring (bicyclic) bond motifs is 1. The molecule has 0 bridgehead atoms. The van der Waals surface area contributed by atoms with E-state index in [1.807, 2.05) is 19.1 Å². The van der Waals surface area contributed by atoms with E-state index in [0.717, 1.165) is 23.2 Å². The van der Waals surface area contributed by atoms with E-state index < -0.39 is 6.04 Å². The number of benzene rings is 2. The Balaban J connectivity index is 1.68. The fraction of sp³-hybridized carbons (Fsp3) is 0.320. The van der Waals surface area contributed by atoms with Gasteiger partial charge >= 0.3 is 0 Å². The second-order valence-electron chi connectivity index (χ2n) is 9.23. The number of carbonyl (C=O) groups is 1. The van der Waals surface area contributed by atoms with Crippen molar-refractivity contribution < 1.29 is 14.6 Å². The van der Waals surface area contributed by atoms with Crippen molar-refractivity contribution in [1.82, 2.24) is 14.8 Å². The van der Waals surface area contributed by atoms with E-state index in [1.165, 1.54) is 0 Å². The summed E-state index contributed by atoms with van der Waals surface area (Å²) in [4.78, 5) is 18.1. The quantitative estimate of drug-likeness (QED) is 0.540. The summed E-state index contributed by atoms with van der Waals surface area (Å²) in [5.41, 5.74) is 3.02. The Morgan fingerprint density at radius 1 is 1.21 bits per heavy atom. The highest BCUT2D eigenvalue weighted by Crippen LogP contribution is 2.46. The SMILES string of the molecule is CCOc1cc(C2C3=C(CC(C)(C)CC3=O)Nc3nc(-c4ccc(Cl)cc4)nn32)ccc1O. The molecule has 5 rings (SSSR count). The Hall–Kier alpha value is -3.32. The van der Waals surface area contributed by atoms with Crippen molar-refractivity contribution in [2.75, 3.05) is 11.9 Å². The number of Topliss-reactive ketones (excluding diaryl/α,β-unsaturated/α-hetero) is 1. The number of aromatic nitrogens is 3. The fourth-order valence-electron chi connectivity index (χ4n) is 4.61. The second-order valence-corrected chi connectivity index (χ2v) is 9.67. The molecule has 8 heteroatoms. The van der Waals surface area contributed by atoms with E-state index in [1.54, 1.807) is 35.0 Å². The molecule has 3 aromatic rings. The summed E-state index contributed by atoms with van der Waals surface area (Å²) >= 11 is 6.05. The van der Waals surface area contributed by atoms with Crippen LogP contribution in [0.5, 0.6) is 11.5 Å². The third kappa shape index (κ3) is 3.86. The number of nitrogens with zero attached hydrogens (tertiary/aromatic N) is 3. The molecule has 0 amide bonds. The molecule has 1 unspecified atom stereocenters. The molecule has 1 aliphatic heterocycles. The molecule has 0 radical (unpaired) electrons. The first-order chi connectivity index (χ1) is 15.8. The smallest absolute Gasteiger partial charge is 0.226 e. The van der Waals surface area contributed by atoms with Crippen LogP contribution in [0.4, 0.5) is 5.95 Å². The predicted molar refractivity (Wildman–Crippen MR) is 127 cm³/mol. The van der Waals surface area contributed by atoms with Crippen molar-refractivity contribution >= 4 is 23.3 Å². The molecule has 7 nitrogen and oxygen atoms in total. The largest absolute Gasteiger partial charge is 0.504 e. The van der Waals surface area contributed by atoms with E-state index >= 15 is 0 Å². The van der Waals surface area contributed by atoms with Gasteiger partial charge in [-0.3, -0.25) is 4.79 Å². The lowest BCUT2D eigenvalue weighted by Gasteiger charge is -2.38. The van der Waals surface area contributed by atoms with Crippen LogP contribution in [0.2, 0.25) is 5.02 Å². The third-order valence-electron chi connectivity index (χ3n) is 6.03. The van der Waals surface area contributed by atoms with Gasteiger partial charge in [0.25, 0.3) is 0 Å². The summed E-state index contributed by atoms with van der Waals surface area (Å²) in [6.07, 6.45) is 1.18. The minimum atomic E-state index is -0.479. The number of allylic oxidation sites excluding steroid dienone is 2. The van der Waals surface area contributed by atoms with E-state index in [-0.39, 0.29) is 16.9 Å². The normalized spacial score (nSPS) is 19.0. The van der Waals surface area contributed by atoms with E-state index in [9.17, 15) is 9.90 Å². The molecule has 0 spiro atoms. The van der Waals surface area contributed by atoms with Crippen molar-refractivity contribution in [2.24, 2.45) is 5.41 Å². The minimum absolute atomic E-state index is 0.0560. The van der Waals surface area contributed by atoms with Crippen LogP contribution in [0.25, 0.3) is 11.4 Å². The number of carbonyl (C=O) groups excluding carboxylic acids is 1. The van der Waals surface area contributed by atoms with Crippen LogP contribution in [0.1, 0.15) is 45.2 Å². The number of hydrogen-bond acceptors (Lipinski definition) is 6. The summed E-state index contributed by atoms with van der Waals surface area (Å²) in [5.74, 6) is 1.62. The Morgan fingerprint density at radius 3 is 2.70 bits per heavy atom. The van der Waals surface area contributed by atoms with Gasteiger partial charge in [0.15, 0.2) is 23.1 Å². The van der Waals surface area contributed by atoms with Crippen LogP contribution in [0.15, 0.2) is 53.7 Å². The summed E-state index contributed by atoms with van der Waals surface area (Å²) < 4.78 is 7.36. The Bertz CT molecular complexity index is 1280. The number of nitrogens with one attached hydrogen (secondary N) is 1. The first kappa shape index (κ1) is 21.5. The monoisotopic (exact) mass is 464 g/mol. The van der Waals surface area contributed by atoms with Gasteiger partial charge in [-0.2, -0.15) is 4.98 Å². The Morgan fingerprint density at radius 2 is 1.97 bits per heavy atom. The fourth-order valence-corrected chi connectivity index (χ4v) is 4.74. The van der Waals surface area contributed by atoms with Crippen molar-refractivity contribution in [3.63, 3.8) is 0 Å². The van der Waals surface area contributed by atoms with Gasteiger partial charge in [-0.25, -0.2) is 4.68 Å². The maximum atomic E-state index is 13.4. The number of hydrogen-bond donors (Lipinski definition) is 2. The number of anilines is 1. The van der Waals surface area contributed by atoms with Crippen LogP contribution >= 0.6 is 11.6 Å². The lowest BCUT2D eigenvalue weighted by molar-refractivity contribution is -0.118. The summed E-state index contributed by atoms with van der Waals surface area (Å²) in [6.45, 7) is 6.46. The molecule has 0 saturated carbocycles. The molecule has 1 aromatic heterocycles.